The van der Waals surface area contributed by atoms with Gasteiger partial charge in [0.1, 0.15) is 0 Å². The van der Waals surface area contributed by atoms with Crippen LogP contribution < -0.4 is 5.69 Å². The van der Waals surface area contributed by atoms with Gasteiger partial charge in [-0.15, -0.1) is 0 Å². The van der Waals surface area contributed by atoms with Crippen molar-refractivity contribution >= 4 is 11.2 Å². The number of hydrogen-bond acceptors (Lipinski definition) is 3. The van der Waals surface area contributed by atoms with E-state index in [9.17, 15) is 18.0 Å². The van der Waals surface area contributed by atoms with Gasteiger partial charge >= 0.3 is 11.9 Å². The molecule has 1 aromatic carbocycles. The van der Waals surface area contributed by atoms with E-state index in [0.717, 1.165) is 17.7 Å². The van der Waals surface area contributed by atoms with Gasteiger partial charge in [0.15, 0.2) is 5.65 Å². The van der Waals surface area contributed by atoms with Crippen LogP contribution in [0.2, 0.25) is 0 Å². The summed E-state index contributed by atoms with van der Waals surface area (Å²) in [6.45, 7) is 0.312. The first kappa shape index (κ1) is 18.0. The molecule has 0 atom stereocenters. The Labute approximate surface area is 157 Å². The third kappa shape index (κ3) is 3.17. The number of aromatic nitrogens is 4. The monoisotopic (exact) mass is 384 g/mol. The average Bonchev–Trinajstić information content (AvgIpc) is 2.93. The average molecular weight is 384 g/mol. The Morgan fingerprint density at radius 3 is 2.50 bits per heavy atom. The van der Waals surface area contributed by atoms with Gasteiger partial charge in [-0.05, 0) is 41.5 Å². The minimum Gasteiger partial charge on any atom is -0.286 e. The highest BCUT2D eigenvalue weighted by molar-refractivity contribution is 5.79. The van der Waals surface area contributed by atoms with Crippen molar-refractivity contribution in [2.24, 2.45) is 7.05 Å². The maximum atomic E-state index is 13.0. The van der Waals surface area contributed by atoms with E-state index in [4.69, 9.17) is 0 Å². The van der Waals surface area contributed by atoms with Crippen molar-refractivity contribution in [3.63, 3.8) is 0 Å². The highest BCUT2D eigenvalue weighted by Gasteiger charge is 2.30. The van der Waals surface area contributed by atoms with Crippen LogP contribution in [0.1, 0.15) is 11.1 Å². The van der Waals surface area contributed by atoms with E-state index >= 15 is 0 Å². The minimum absolute atomic E-state index is 0.250. The number of halogens is 3. The largest absolute Gasteiger partial charge is 0.416 e. The number of pyridine rings is 2. The molecule has 0 amide bonds. The summed E-state index contributed by atoms with van der Waals surface area (Å²) in [5.41, 5.74) is 1.82. The smallest absolute Gasteiger partial charge is 0.286 e. The van der Waals surface area contributed by atoms with Crippen LogP contribution in [0.15, 0.2) is 65.8 Å². The van der Waals surface area contributed by atoms with Gasteiger partial charge < -0.3 is 0 Å². The summed E-state index contributed by atoms with van der Waals surface area (Å²) < 4.78 is 42.1. The van der Waals surface area contributed by atoms with Gasteiger partial charge in [0.25, 0.3) is 0 Å². The SMILES string of the molecule is Cn1c(=O)n(Cc2ccncc2)c2cc(-c3cccc(C(F)(F)F)c3)cnc21. The van der Waals surface area contributed by atoms with E-state index in [2.05, 4.69) is 9.97 Å². The van der Waals surface area contributed by atoms with Gasteiger partial charge in [-0.2, -0.15) is 13.2 Å². The van der Waals surface area contributed by atoms with Crippen LogP contribution >= 0.6 is 0 Å². The molecule has 28 heavy (non-hydrogen) atoms. The summed E-state index contributed by atoms with van der Waals surface area (Å²) in [5.74, 6) is 0. The van der Waals surface area contributed by atoms with Crippen LogP contribution in [0.25, 0.3) is 22.3 Å². The maximum absolute atomic E-state index is 13.0. The summed E-state index contributed by atoms with van der Waals surface area (Å²) in [7, 11) is 1.62. The number of nitrogens with zero attached hydrogens (tertiary/aromatic N) is 4. The Morgan fingerprint density at radius 2 is 1.79 bits per heavy atom. The Balaban J connectivity index is 1.85. The standard InChI is InChI=1S/C20H15F3N4O/c1-26-18-17(27(19(26)28)12-13-5-7-24-8-6-13)10-15(11-25-18)14-3-2-4-16(9-14)20(21,22)23/h2-11H,12H2,1H3. The van der Waals surface area contributed by atoms with E-state index in [1.165, 1.54) is 16.8 Å². The van der Waals surface area contributed by atoms with Crippen LogP contribution in [-0.4, -0.2) is 19.1 Å². The van der Waals surface area contributed by atoms with Crippen LogP contribution in [-0.2, 0) is 19.8 Å². The molecule has 0 spiro atoms. The first-order chi connectivity index (χ1) is 13.3. The Morgan fingerprint density at radius 1 is 1.04 bits per heavy atom. The Hall–Kier alpha value is -3.42. The number of alkyl halides is 3. The predicted octanol–water partition coefficient (Wildman–Crippen LogP) is 3.86. The molecule has 0 saturated heterocycles. The molecule has 0 aliphatic rings. The van der Waals surface area contributed by atoms with Crippen molar-refractivity contribution in [1.82, 2.24) is 19.1 Å². The van der Waals surface area contributed by atoms with Gasteiger partial charge in [-0.3, -0.25) is 14.1 Å². The fourth-order valence-electron chi connectivity index (χ4n) is 3.13. The molecule has 3 aromatic heterocycles. The lowest BCUT2D eigenvalue weighted by atomic mass is 10.0. The molecule has 0 fully saturated rings. The number of rotatable bonds is 3. The zero-order valence-electron chi connectivity index (χ0n) is 14.8. The zero-order valence-corrected chi connectivity index (χ0v) is 14.8. The molecule has 0 N–H and O–H groups in total. The van der Waals surface area contributed by atoms with E-state index in [-0.39, 0.29) is 5.69 Å². The lowest BCUT2D eigenvalue weighted by molar-refractivity contribution is -0.137. The minimum atomic E-state index is -4.43. The second kappa shape index (κ2) is 6.63. The van der Waals surface area contributed by atoms with E-state index in [0.29, 0.717) is 28.8 Å². The third-order valence-corrected chi connectivity index (χ3v) is 4.59. The highest BCUT2D eigenvalue weighted by Crippen LogP contribution is 2.32. The van der Waals surface area contributed by atoms with E-state index in [1.54, 1.807) is 48.3 Å². The topological polar surface area (TPSA) is 52.7 Å². The lowest BCUT2D eigenvalue weighted by Crippen LogP contribution is -2.22. The van der Waals surface area contributed by atoms with Gasteiger partial charge in [0.2, 0.25) is 0 Å². The van der Waals surface area contributed by atoms with Crippen LogP contribution in [0.4, 0.5) is 13.2 Å². The van der Waals surface area contributed by atoms with Crippen LogP contribution in [0.3, 0.4) is 0 Å². The molecule has 0 radical (unpaired) electrons. The molecule has 0 bridgehead atoms. The number of hydrogen-bond donors (Lipinski definition) is 0. The fourth-order valence-corrected chi connectivity index (χ4v) is 3.13. The second-order valence-corrected chi connectivity index (χ2v) is 6.43. The van der Waals surface area contributed by atoms with Crippen LogP contribution in [0.5, 0.6) is 0 Å². The highest BCUT2D eigenvalue weighted by atomic mass is 19.4. The normalized spacial score (nSPS) is 11.9. The van der Waals surface area contributed by atoms with Gasteiger partial charge in [-0.25, -0.2) is 9.78 Å². The quantitative estimate of drug-likeness (QED) is 0.539. The molecule has 142 valence electrons. The number of imidazole rings is 1. The molecular weight excluding hydrogens is 369 g/mol. The van der Waals surface area contributed by atoms with Crippen molar-refractivity contribution < 1.29 is 13.2 Å². The zero-order chi connectivity index (χ0) is 19.9. The molecule has 0 saturated carbocycles. The lowest BCUT2D eigenvalue weighted by Gasteiger charge is -2.09. The van der Waals surface area contributed by atoms with Crippen molar-refractivity contribution in [3.8, 4) is 11.1 Å². The maximum Gasteiger partial charge on any atom is 0.416 e. The molecule has 0 aliphatic carbocycles. The summed E-state index contributed by atoms with van der Waals surface area (Å²) in [6.07, 6.45) is 0.327. The molecule has 8 heteroatoms. The molecule has 0 aliphatic heterocycles. The van der Waals surface area contributed by atoms with Gasteiger partial charge in [-0.1, -0.05) is 12.1 Å². The van der Waals surface area contributed by atoms with Crippen molar-refractivity contribution in [2.75, 3.05) is 0 Å². The molecule has 3 heterocycles. The second-order valence-electron chi connectivity index (χ2n) is 6.43. The number of aryl methyl sites for hydroxylation is 1. The Bertz CT molecular complexity index is 1210. The molecular formula is C20H15F3N4O. The number of fused-ring (bicyclic) bond motifs is 1. The third-order valence-electron chi connectivity index (χ3n) is 4.59. The molecule has 4 aromatic rings. The van der Waals surface area contributed by atoms with Crippen molar-refractivity contribution in [2.45, 2.75) is 12.7 Å². The predicted molar refractivity (Wildman–Crippen MR) is 98.8 cm³/mol. The molecule has 5 nitrogen and oxygen atoms in total. The summed E-state index contributed by atoms with van der Waals surface area (Å²) >= 11 is 0. The fraction of sp³-hybridized carbons (Fsp3) is 0.150. The van der Waals surface area contributed by atoms with E-state index < -0.39 is 11.7 Å². The van der Waals surface area contributed by atoms with Gasteiger partial charge in [0.05, 0.1) is 17.6 Å². The summed E-state index contributed by atoms with van der Waals surface area (Å²) in [4.78, 5) is 20.9. The van der Waals surface area contributed by atoms with Crippen molar-refractivity contribution in [1.29, 1.82) is 0 Å². The summed E-state index contributed by atoms with van der Waals surface area (Å²) in [5, 5.41) is 0. The molecule has 4 rings (SSSR count). The van der Waals surface area contributed by atoms with Gasteiger partial charge in [0, 0.05) is 31.2 Å². The van der Waals surface area contributed by atoms with Crippen molar-refractivity contribution in [3.05, 3.63) is 82.7 Å². The first-order valence-corrected chi connectivity index (χ1v) is 8.46. The Kier molecular flexibility index (Phi) is 4.26. The van der Waals surface area contributed by atoms with Crippen LogP contribution in [0, 0.1) is 0 Å². The first-order valence-electron chi connectivity index (χ1n) is 8.46. The summed E-state index contributed by atoms with van der Waals surface area (Å²) in [6, 6.07) is 10.4. The molecule has 0 unspecified atom stereocenters. The van der Waals surface area contributed by atoms with E-state index in [1.807, 2.05) is 0 Å². The number of benzene rings is 1.